The van der Waals surface area contributed by atoms with E-state index in [9.17, 15) is 10.2 Å². The molecule has 0 aliphatic heterocycles. The first-order chi connectivity index (χ1) is 14.7. The largest absolute Gasteiger partial charge is 2.00 e. The molecule has 2 aromatic carbocycles. The van der Waals surface area contributed by atoms with Crippen molar-refractivity contribution in [1.82, 2.24) is 0 Å². The van der Waals surface area contributed by atoms with Gasteiger partial charge in [-0.05, 0) is 11.1 Å². The molecule has 36 heavy (non-hydrogen) atoms. The normalized spacial score (nSPS) is 9.17. The molecule has 0 unspecified atom stereocenters. The van der Waals surface area contributed by atoms with Crippen LogP contribution in [-0.4, -0.2) is 75.1 Å². The van der Waals surface area contributed by atoms with Gasteiger partial charge in [-0.15, -0.1) is 37.7 Å². The van der Waals surface area contributed by atoms with Gasteiger partial charge in [0.25, 0.3) is 0 Å². The van der Waals surface area contributed by atoms with Crippen molar-refractivity contribution in [3.63, 3.8) is 0 Å². The van der Waals surface area contributed by atoms with Gasteiger partial charge in [0.15, 0.2) is 0 Å². The molecule has 0 aliphatic rings. The van der Waals surface area contributed by atoms with E-state index in [1.165, 1.54) is 12.1 Å². The van der Waals surface area contributed by atoms with Crippen molar-refractivity contribution in [2.75, 3.05) is 52.5 Å². The molecule has 2 rings (SSSR count). The molecule has 0 atom stereocenters. The fourth-order valence-corrected chi connectivity index (χ4v) is 2.12. The molecule has 0 aliphatic carbocycles. The molecular formula is C22H28N4O8V2-12. The van der Waals surface area contributed by atoms with E-state index in [-0.39, 0.29) is 83.7 Å². The summed E-state index contributed by atoms with van der Waals surface area (Å²) in [6.07, 6.45) is 3.13. The third-order valence-corrected chi connectivity index (χ3v) is 3.59. The minimum atomic E-state index is -0.0199. The maximum atomic E-state index is 11.2. The molecule has 0 saturated heterocycles. The molecule has 0 fully saturated rings. The summed E-state index contributed by atoms with van der Waals surface area (Å²) in [6.45, 7) is 3.32. The van der Waals surface area contributed by atoms with Crippen molar-refractivity contribution < 1.29 is 79.4 Å². The predicted molar refractivity (Wildman–Crippen MR) is 120 cm³/mol. The summed E-state index contributed by atoms with van der Waals surface area (Å²) in [6, 6.07) is 13.5. The number of hydrogen-bond acceptors (Lipinski definition) is 6. The van der Waals surface area contributed by atoms with Gasteiger partial charge >= 0.3 is 0 Å². The Morgan fingerprint density at radius 1 is 0.611 bits per heavy atom. The Hall–Kier alpha value is -1.77. The van der Waals surface area contributed by atoms with Crippen molar-refractivity contribution in [2.24, 2.45) is 9.98 Å². The van der Waals surface area contributed by atoms with Gasteiger partial charge in [-0.2, -0.15) is 0 Å². The average molecular weight is 578 g/mol. The van der Waals surface area contributed by atoms with E-state index in [4.69, 9.17) is 10.2 Å². The number of benzene rings is 2. The predicted octanol–water partition coefficient (Wildman–Crippen LogP) is 0.610. The zero-order chi connectivity index (χ0) is 21.9. The Bertz CT molecular complexity index is 711. The minimum absolute atomic E-state index is 0. The van der Waals surface area contributed by atoms with Gasteiger partial charge in [-0.3, -0.25) is 9.98 Å². The zero-order valence-corrected chi connectivity index (χ0v) is 22.3. The van der Waals surface area contributed by atoms with E-state index in [0.717, 1.165) is 0 Å². The van der Waals surface area contributed by atoms with Crippen LogP contribution in [0.1, 0.15) is 11.1 Å². The molecule has 2 radical (unpaired) electrons. The summed E-state index contributed by atoms with van der Waals surface area (Å²) in [5, 5.41) is 47.4. The second-order valence-electron chi connectivity index (χ2n) is 5.94. The Morgan fingerprint density at radius 3 is 1.25 bits per heavy atom. The first kappa shape index (κ1) is 47.4. The summed E-state index contributed by atoms with van der Waals surface area (Å²) < 4.78 is 0. The van der Waals surface area contributed by atoms with Crippen molar-refractivity contribution in [3.8, 4) is 11.5 Å². The first-order valence-corrected chi connectivity index (χ1v) is 9.69. The summed E-state index contributed by atoms with van der Waals surface area (Å²) in [5.74, 6) is -0.0397. The first-order valence-electron chi connectivity index (χ1n) is 9.69. The van der Waals surface area contributed by atoms with Crippen LogP contribution in [0.2, 0.25) is 0 Å². The molecule has 0 heterocycles. The van der Waals surface area contributed by atoms with Crippen LogP contribution in [-0.2, 0) is 59.0 Å². The van der Waals surface area contributed by atoms with Gasteiger partial charge in [0, 0.05) is 75.8 Å². The van der Waals surface area contributed by atoms with E-state index in [1.54, 1.807) is 48.8 Å². The molecule has 2 aromatic rings. The Morgan fingerprint density at radius 2 is 0.944 bits per heavy atom. The number of aliphatic hydroxyl groups excluding tert-OH is 2. The summed E-state index contributed by atoms with van der Waals surface area (Å²) in [5.41, 5.74) is 1.19. The number of aliphatic hydroxyl groups is 2. The third kappa shape index (κ3) is 23.9. The fraction of sp³-hybridized carbons (Fsp3) is 0.364. The van der Waals surface area contributed by atoms with E-state index in [1.807, 2.05) is 0 Å². The van der Waals surface area contributed by atoms with E-state index >= 15 is 0 Å². The Kier molecular flexibility index (Phi) is 43.8. The van der Waals surface area contributed by atoms with Crippen molar-refractivity contribution in [2.45, 2.75) is 0 Å². The summed E-state index contributed by atoms with van der Waals surface area (Å²) in [4.78, 5) is 8.15. The number of rotatable bonds is 12. The maximum absolute atomic E-state index is 11.2. The number of para-hydroxylation sites is 2. The van der Waals surface area contributed by atoms with Crippen LogP contribution >= 0.6 is 0 Å². The second kappa shape index (κ2) is 33.2. The molecule has 0 bridgehead atoms. The molecule has 206 valence electrons. The number of nitrogens with zero attached hydrogens (tertiary/aromatic N) is 4. The SMILES string of the molecule is [O-2].[O-2].[O-2].[O-2].[O-]c1ccccc1C=NCC[N-]CCO.[O-]c1ccccc1C=NCC[N-]CCO.[V].[V]. The van der Waals surface area contributed by atoms with Gasteiger partial charge in [0.05, 0.1) is 0 Å². The van der Waals surface area contributed by atoms with Crippen LogP contribution in [0.3, 0.4) is 0 Å². The molecule has 0 aromatic heterocycles. The van der Waals surface area contributed by atoms with Gasteiger partial charge in [0.2, 0.25) is 0 Å². The molecule has 0 amide bonds. The van der Waals surface area contributed by atoms with Gasteiger partial charge < -0.3 is 53.0 Å². The van der Waals surface area contributed by atoms with Crippen molar-refractivity contribution in [1.29, 1.82) is 0 Å². The molecular weight excluding hydrogens is 550 g/mol. The quantitative estimate of drug-likeness (QED) is 0.271. The molecule has 0 saturated carbocycles. The van der Waals surface area contributed by atoms with Crippen LogP contribution in [0, 0.1) is 0 Å². The molecule has 12 nitrogen and oxygen atoms in total. The van der Waals surface area contributed by atoms with Crippen LogP contribution in [0.5, 0.6) is 11.5 Å². The number of hydrogen-bond donors (Lipinski definition) is 2. The van der Waals surface area contributed by atoms with E-state index < -0.39 is 0 Å². The van der Waals surface area contributed by atoms with Crippen LogP contribution in [0.25, 0.3) is 10.6 Å². The van der Waals surface area contributed by atoms with Gasteiger partial charge in [0.1, 0.15) is 0 Å². The topological polar surface area (TPSA) is 254 Å². The molecule has 14 heteroatoms. The maximum Gasteiger partial charge on any atom is 0.0277 e. The van der Waals surface area contributed by atoms with Crippen LogP contribution in [0.15, 0.2) is 58.5 Å². The van der Waals surface area contributed by atoms with E-state index in [2.05, 4.69) is 20.6 Å². The van der Waals surface area contributed by atoms with Crippen molar-refractivity contribution in [3.05, 3.63) is 70.3 Å². The summed E-state index contributed by atoms with van der Waals surface area (Å²) in [7, 11) is 0. The Labute approximate surface area is 235 Å². The van der Waals surface area contributed by atoms with E-state index in [0.29, 0.717) is 50.4 Å². The Balaban J connectivity index is -0.000000107. The zero-order valence-electron chi connectivity index (χ0n) is 19.5. The van der Waals surface area contributed by atoms with Crippen molar-refractivity contribution >= 4 is 12.4 Å². The summed E-state index contributed by atoms with van der Waals surface area (Å²) >= 11 is 0. The minimum Gasteiger partial charge on any atom is -2.00 e. The second-order valence-corrected chi connectivity index (χ2v) is 5.94. The number of aliphatic imine (C=N–C) groups is 2. The molecule has 0 spiro atoms. The smallest absolute Gasteiger partial charge is 0.0277 e. The standard InChI is InChI=1S/2C11H15N2O2.4O.2V/c2*14-8-7-12-5-6-13-9-10-3-1-2-4-11(10)15;;;;;;/h2*1-4,9,14-15H,5-8H2;;;;;;/q2*-1;4*-2;;/p-2. The van der Waals surface area contributed by atoms with Gasteiger partial charge in [-0.25, -0.2) is 0 Å². The molecule has 2 N–H and O–H groups in total. The monoisotopic (exact) mass is 578 g/mol. The third-order valence-electron chi connectivity index (χ3n) is 3.59. The van der Waals surface area contributed by atoms with Crippen LogP contribution in [0.4, 0.5) is 0 Å². The fourth-order valence-electron chi connectivity index (χ4n) is 2.12. The van der Waals surface area contributed by atoms with Crippen LogP contribution < -0.4 is 10.2 Å². The average Bonchev–Trinajstić information content (AvgIpc) is 2.76. The van der Waals surface area contributed by atoms with Gasteiger partial charge in [-0.1, -0.05) is 48.5 Å².